The Hall–Kier alpha value is -4.52. The lowest BCUT2D eigenvalue weighted by atomic mass is 9.76. The average molecular weight is 810 g/mol. The molecular weight excluding hydrogens is 754 g/mol. The molecule has 3 aliphatic carbocycles. The minimum absolute atomic E-state index is 0.213. The molecule has 0 radical (unpaired) electrons. The van der Waals surface area contributed by atoms with Gasteiger partial charge in [-0.25, -0.2) is 9.97 Å². The number of carboxylic acid groups (broad SMARTS) is 1. The molecule has 4 aliphatic rings. The molecule has 308 valence electrons. The van der Waals surface area contributed by atoms with Crippen LogP contribution in [-0.4, -0.2) is 71.2 Å². The molecule has 2 saturated carbocycles. The average Bonchev–Trinajstić information content (AvgIpc) is 3.93. The van der Waals surface area contributed by atoms with Crippen molar-refractivity contribution in [2.45, 2.75) is 110 Å². The first-order valence-corrected chi connectivity index (χ1v) is 21.4. The number of aliphatic hydroxyl groups is 1. The highest BCUT2D eigenvalue weighted by molar-refractivity contribution is 6.36. The molecule has 12 nitrogen and oxygen atoms in total. The van der Waals surface area contributed by atoms with Crippen LogP contribution in [0.25, 0.3) is 11.1 Å². The minimum atomic E-state index is -0.595. The number of benzene rings is 2. The van der Waals surface area contributed by atoms with E-state index < -0.39 is 17.5 Å². The zero-order valence-corrected chi connectivity index (χ0v) is 34.9. The Kier molecular flexibility index (Phi) is 11.0. The van der Waals surface area contributed by atoms with Gasteiger partial charge in [0.05, 0.1) is 33.6 Å². The van der Waals surface area contributed by atoms with Gasteiger partial charge in [0.25, 0.3) is 11.8 Å². The Bertz CT molecular complexity index is 2250. The zero-order chi connectivity index (χ0) is 40.9. The van der Waals surface area contributed by atoms with E-state index in [1.165, 1.54) is 0 Å². The number of amides is 2. The van der Waals surface area contributed by atoms with Gasteiger partial charge in [-0.05, 0) is 119 Å². The predicted octanol–water partition coefficient (Wildman–Crippen LogP) is 7.73. The summed E-state index contributed by atoms with van der Waals surface area (Å²) in [5.74, 6) is 0.0529. The SMILES string of the molecule is Cc1c(NC(=O)c2nc3c(n2C)CCN(C[C@H](C)O)C3)cccc1-c1cccc(NC(=O)c2nc3c(n2C)CCC(CCC24CCC(C(=O)O)(CC2)C4)CCC3)c1Cl. The van der Waals surface area contributed by atoms with Crippen molar-refractivity contribution in [3.05, 3.63) is 81.4 Å². The number of carbonyl (C=O) groups excluding carboxylic acids is 2. The van der Waals surface area contributed by atoms with E-state index in [1.807, 2.05) is 60.5 Å². The number of imidazole rings is 2. The van der Waals surface area contributed by atoms with Gasteiger partial charge >= 0.3 is 5.97 Å². The predicted molar refractivity (Wildman–Crippen MR) is 224 cm³/mol. The van der Waals surface area contributed by atoms with Crippen molar-refractivity contribution in [3.8, 4) is 11.1 Å². The normalized spacial score (nSPS) is 23.4. The molecule has 1 aliphatic heterocycles. The molecule has 0 saturated heterocycles. The molecule has 58 heavy (non-hydrogen) atoms. The molecule has 13 heteroatoms. The third kappa shape index (κ3) is 7.59. The molecule has 2 atom stereocenters. The maximum absolute atomic E-state index is 13.9. The van der Waals surface area contributed by atoms with Crippen LogP contribution in [0, 0.1) is 23.7 Å². The standard InChI is InChI=1S/C45H56ClN7O5/c1-27(54)24-53-23-17-37-35(25-53)48-40(52(37)4)41(55)49-32-11-6-9-30(28(32)2)31-10-7-13-34(38(31)46)50-42(56)39-47-33-12-5-8-29(14-15-36(33)51(39)3)16-18-44-19-21-45(26-44,22-20-44)43(57)58/h6-7,9-11,13,27,29,54H,5,8,12,14-26H2,1-4H3,(H,49,55)(H,50,56)(H,57,58)/t27-,29?,44?,45?/m0/s1. The quantitative estimate of drug-likeness (QED) is 0.120. The van der Waals surface area contributed by atoms with E-state index in [4.69, 9.17) is 21.6 Å². The maximum Gasteiger partial charge on any atom is 0.309 e. The third-order valence-electron chi connectivity index (χ3n) is 14.0. The van der Waals surface area contributed by atoms with Crippen LogP contribution in [-0.2, 0) is 44.7 Å². The van der Waals surface area contributed by atoms with Gasteiger partial charge in [-0.15, -0.1) is 0 Å². The van der Waals surface area contributed by atoms with E-state index in [0.717, 1.165) is 129 Å². The fourth-order valence-electron chi connectivity index (χ4n) is 10.7. The number of aryl methyl sites for hydroxylation is 1. The van der Waals surface area contributed by atoms with Crippen LogP contribution in [0.3, 0.4) is 0 Å². The fourth-order valence-corrected chi connectivity index (χ4v) is 11.0. The molecule has 2 fully saturated rings. The van der Waals surface area contributed by atoms with Gasteiger partial charge in [0.15, 0.2) is 11.6 Å². The molecule has 4 N–H and O–H groups in total. The van der Waals surface area contributed by atoms with Crippen LogP contribution in [0.15, 0.2) is 36.4 Å². The number of β-amino-alcohol motifs (C(OH)–C–C–N with tert-alkyl or cyclic N) is 1. The van der Waals surface area contributed by atoms with Crippen molar-refractivity contribution >= 4 is 40.8 Å². The number of aliphatic carboxylic acids is 1. The summed E-state index contributed by atoms with van der Waals surface area (Å²) in [6, 6.07) is 11.2. The van der Waals surface area contributed by atoms with Gasteiger partial charge in [-0.1, -0.05) is 42.3 Å². The van der Waals surface area contributed by atoms with Crippen LogP contribution in [0.2, 0.25) is 5.02 Å². The number of hydrogen-bond acceptors (Lipinski definition) is 7. The minimum Gasteiger partial charge on any atom is -0.481 e. The Labute approximate surface area is 345 Å². The number of hydrogen-bond donors (Lipinski definition) is 4. The van der Waals surface area contributed by atoms with Gasteiger partial charge in [-0.3, -0.25) is 19.3 Å². The highest BCUT2D eigenvalue weighted by Gasteiger charge is 2.57. The summed E-state index contributed by atoms with van der Waals surface area (Å²) in [5.41, 5.74) is 7.21. The number of aromatic nitrogens is 4. The zero-order valence-electron chi connectivity index (χ0n) is 34.2. The summed E-state index contributed by atoms with van der Waals surface area (Å²) in [7, 11) is 3.79. The molecule has 2 aromatic heterocycles. The van der Waals surface area contributed by atoms with Crippen LogP contribution in [0.1, 0.15) is 121 Å². The number of nitrogens with zero attached hydrogens (tertiary/aromatic N) is 5. The van der Waals surface area contributed by atoms with Crippen molar-refractivity contribution in [3.63, 3.8) is 0 Å². The second-order valence-corrected chi connectivity index (χ2v) is 18.1. The van der Waals surface area contributed by atoms with E-state index in [0.29, 0.717) is 47.1 Å². The molecule has 1 unspecified atom stereocenters. The van der Waals surface area contributed by atoms with Crippen LogP contribution in [0.4, 0.5) is 11.4 Å². The van der Waals surface area contributed by atoms with E-state index in [1.54, 1.807) is 13.0 Å². The number of anilines is 2. The Balaban J connectivity index is 0.930. The lowest BCUT2D eigenvalue weighted by Crippen LogP contribution is -2.36. The van der Waals surface area contributed by atoms with Gasteiger partial charge in [0, 0.05) is 62.8 Å². The molecule has 2 bridgehead atoms. The number of aliphatic hydroxyl groups excluding tert-OH is 1. The topological polar surface area (TPSA) is 155 Å². The maximum atomic E-state index is 13.9. The first-order valence-electron chi connectivity index (χ1n) is 21.0. The lowest BCUT2D eigenvalue weighted by Gasteiger charge is -2.29. The highest BCUT2D eigenvalue weighted by atomic mass is 35.5. The number of nitrogens with one attached hydrogen (secondary N) is 2. The molecule has 4 aromatic rings. The van der Waals surface area contributed by atoms with Crippen molar-refractivity contribution in [1.29, 1.82) is 0 Å². The monoisotopic (exact) mass is 809 g/mol. The van der Waals surface area contributed by atoms with E-state index in [2.05, 4.69) is 15.5 Å². The van der Waals surface area contributed by atoms with E-state index in [-0.39, 0.29) is 17.2 Å². The van der Waals surface area contributed by atoms with Gasteiger partial charge in [0.2, 0.25) is 0 Å². The number of fused-ring (bicyclic) bond motifs is 4. The summed E-state index contributed by atoms with van der Waals surface area (Å²) >= 11 is 7.05. The Morgan fingerprint density at radius 3 is 2.19 bits per heavy atom. The first kappa shape index (κ1) is 40.3. The highest BCUT2D eigenvalue weighted by Crippen LogP contribution is 2.63. The van der Waals surface area contributed by atoms with E-state index >= 15 is 0 Å². The largest absolute Gasteiger partial charge is 0.481 e. The molecule has 2 amide bonds. The number of carboxylic acids is 1. The van der Waals surface area contributed by atoms with Crippen molar-refractivity contribution < 1.29 is 24.6 Å². The first-order chi connectivity index (χ1) is 27.8. The summed E-state index contributed by atoms with van der Waals surface area (Å²) in [6.45, 7) is 5.66. The second kappa shape index (κ2) is 15.9. The number of rotatable bonds is 11. The van der Waals surface area contributed by atoms with Gasteiger partial charge in [0.1, 0.15) is 0 Å². The van der Waals surface area contributed by atoms with E-state index in [9.17, 15) is 24.6 Å². The molecular formula is C45H56ClN7O5. The Morgan fingerprint density at radius 1 is 0.879 bits per heavy atom. The smallest absolute Gasteiger partial charge is 0.309 e. The van der Waals surface area contributed by atoms with Crippen molar-refractivity contribution in [1.82, 2.24) is 24.0 Å². The lowest BCUT2D eigenvalue weighted by molar-refractivity contribution is -0.148. The number of carbonyl (C=O) groups is 3. The summed E-state index contributed by atoms with van der Waals surface area (Å²) in [6.07, 6.45) is 12.1. The Morgan fingerprint density at radius 2 is 1.52 bits per heavy atom. The molecule has 3 heterocycles. The summed E-state index contributed by atoms with van der Waals surface area (Å²) in [4.78, 5) is 51.2. The molecule has 8 rings (SSSR count). The molecule has 2 aromatic carbocycles. The van der Waals surface area contributed by atoms with Crippen molar-refractivity contribution in [2.75, 3.05) is 23.7 Å². The van der Waals surface area contributed by atoms with Gasteiger partial charge < -0.3 is 30.0 Å². The molecule has 0 spiro atoms. The summed E-state index contributed by atoms with van der Waals surface area (Å²) < 4.78 is 3.81. The second-order valence-electron chi connectivity index (χ2n) is 17.8. The van der Waals surface area contributed by atoms with Crippen LogP contribution in [0.5, 0.6) is 0 Å². The fraction of sp³-hybridized carbons (Fsp3) is 0.533. The third-order valence-corrected chi connectivity index (χ3v) is 14.4. The van der Waals surface area contributed by atoms with Gasteiger partial charge in [-0.2, -0.15) is 0 Å². The van der Waals surface area contributed by atoms with Crippen LogP contribution < -0.4 is 10.6 Å². The van der Waals surface area contributed by atoms with Crippen molar-refractivity contribution in [2.24, 2.45) is 30.8 Å². The number of halogens is 1. The summed E-state index contributed by atoms with van der Waals surface area (Å²) in [5, 5.41) is 26.2. The van der Waals surface area contributed by atoms with Crippen LogP contribution >= 0.6 is 11.6 Å².